The zero-order valence-electron chi connectivity index (χ0n) is 39.3. The molecule has 12 nitrogen and oxygen atoms in total. The van der Waals surface area contributed by atoms with Gasteiger partial charge < -0.3 is 24.9 Å². The maximum atomic E-state index is 14.8. The standard InChI is InChI=1S/C56H52IN5O7S2/c1-54(2,3)68-52(66)55(32-20-33-55)69-61-44(43-36-71-53(58-43)60-56(40-26-13-6-14-27-40,41-28-15-7-16-29-41)42-30-17-8-18-31-42)48(63)59-45-49(64)62-46(39(25-19-34-57)35-70-50(45)62)51(65)67-47(37-21-9-4-10-22-37)38-23-11-5-12-24-38/h4-19,21-31,36,45,47,50H,20,32-35H2,1-3H3,(H,58,60)(H,59,63)/b25-19?,61-44-/t45?,50-/m0/s1. The van der Waals surface area contributed by atoms with Crippen molar-refractivity contribution in [3.05, 3.63) is 214 Å². The van der Waals surface area contributed by atoms with Gasteiger partial charge in [0.15, 0.2) is 16.9 Å². The van der Waals surface area contributed by atoms with E-state index in [1.54, 1.807) is 26.2 Å². The predicted molar refractivity (Wildman–Crippen MR) is 286 cm³/mol. The molecule has 1 aromatic heterocycles. The number of hydrogen-bond donors (Lipinski definition) is 2. The molecule has 2 atom stereocenters. The fourth-order valence-electron chi connectivity index (χ4n) is 8.82. The van der Waals surface area contributed by atoms with Crippen molar-refractivity contribution >= 4 is 80.3 Å². The van der Waals surface area contributed by atoms with E-state index >= 15 is 0 Å². The van der Waals surface area contributed by atoms with Crippen LogP contribution in [0.2, 0.25) is 0 Å². The van der Waals surface area contributed by atoms with E-state index in [1.165, 1.54) is 28.0 Å². The van der Waals surface area contributed by atoms with E-state index in [0.29, 0.717) is 40.1 Å². The van der Waals surface area contributed by atoms with Gasteiger partial charge in [-0.1, -0.05) is 192 Å². The number of nitrogens with zero attached hydrogens (tertiary/aromatic N) is 3. The lowest BCUT2D eigenvalue weighted by molar-refractivity contribution is -0.196. The molecule has 2 N–H and O–H groups in total. The second-order valence-electron chi connectivity index (χ2n) is 18.3. The fraction of sp³-hybridized carbons (Fsp3) is 0.250. The quantitative estimate of drug-likeness (QED) is 0.0172. The van der Waals surface area contributed by atoms with Gasteiger partial charge in [-0.2, -0.15) is 0 Å². The van der Waals surface area contributed by atoms with Gasteiger partial charge in [0, 0.05) is 28.4 Å². The zero-order chi connectivity index (χ0) is 49.6. The van der Waals surface area contributed by atoms with E-state index in [4.69, 9.17) is 19.3 Å². The number of β-lactam (4-membered cyclic amide) rings is 1. The summed E-state index contributed by atoms with van der Waals surface area (Å²) in [5, 5.41) is 12.6. The van der Waals surface area contributed by atoms with Crippen LogP contribution in [-0.2, 0) is 39.0 Å². The third kappa shape index (κ3) is 10.4. The van der Waals surface area contributed by atoms with Gasteiger partial charge in [-0.3, -0.25) is 14.5 Å². The second kappa shape index (κ2) is 21.4. The Morgan fingerprint density at radius 3 is 1.86 bits per heavy atom. The van der Waals surface area contributed by atoms with Gasteiger partial charge in [-0.15, -0.1) is 23.1 Å². The van der Waals surface area contributed by atoms with Crippen molar-refractivity contribution in [1.29, 1.82) is 0 Å². The number of rotatable bonds is 17. The molecule has 6 aromatic rings. The van der Waals surface area contributed by atoms with E-state index in [2.05, 4.69) is 74.8 Å². The van der Waals surface area contributed by atoms with Gasteiger partial charge in [0.05, 0.1) is 0 Å². The molecule has 0 spiro atoms. The third-order valence-electron chi connectivity index (χ3n) is 12.4. The highest BCUT2D eigenvalue weighted by Crippen LogP contribution is 2.44. The summed E-state index contributed by atoms with van der Waals surface area (Å²) in [4.78, 5) is 70.0. The molecule has 1 saturated heterocycles. The van der Waals surface area contributed by atoms with Crippen LogP contribution in [0.15, 0.2) is 186 Å². The average molecular weight is 1100 g/mol. The summed E-state index contributed by atoms with van der Waals surface area (Å²) in [6.07, 6.45) is 4.39. The lowest BCUT2D eigenvalue weighted by Crippen LogP contribution is -2.71. The Morgan fingerprint density at radius 2 is 1.37 bits per heavy atom. The minimum atomic E-state index is -1.42. The van der Waals surface area contributed by atoms with Crippen LogP contribution >= 0.6 is 45.7 Å². The molecule has 1 saturated carbocycles. The number of anilines is 1. The summed E-state index contributed by atoms with van der Waals surface area (Å²) < 4.78 is 12.8. The summed E-state index contributed by atoms with van der Waals surface area (Å²) in [5.41, 5.74) is 1.93. The number of amides is 2. The first-order valence-corrected chi connectivity index (χ1v) is 26.8. The topological polar surface area (TPSA) is 149 Å². The number of carbonyl (C=O) groups excluding carboxylic acids is 4. The van der Waals surface area contributed by atoms with Gasteiger partial charge in [-0.25, -0.2) is 14.6 Å². The number of oxime groups is 1. The van der Waals surface area contributed by atoms with Gasteiger partial charge >= 0.3 is 11.9 Å². The van der Waals surface area contributed by atoms with Gasteiger partial charge in [0.2, 0.25) is 5.60 Å². The molecule has 0 radical (unpaired) electrons. The summed E-state index contributed by atoms with van der Waals surface area (Å²) in [6.45, 7) is 5.33. The summed E-state index contributed by atoms with van der Waals surface area (Å²) in [6, 6.07) is 48.0. The lowest BCUT2D eigenvalue weighted by atomic mass is 9.77. The molecule has 2 fully saturated rings. The van der Waals surface area contributed by atoms with Crippen LogP contribution in [-0.4, -0.2) is 72.1 Å². The Balaban J connectivity index is 1.04. The zero-order valence-corrected chi connectivity index (χ0v) is 43.1. The first-order chi connectivity index (χ1) is 34.4. The highest BCUT2D eigenvalue weighted by Gasteiger charge is 2.55. The number of alkyl halides is 1. The first kappa shape index (κ1) is 49.4. The van der Waals surface area contributed by atoms with E-state index in [0.717, 1.165) is 27.8 Å². The molecule has 71 heavy (non-hydrogen) atoms. The summed E-state index contributed by atoms with van der Waals surface area (Å²) in [7, 11) is 0. The predicted octanol–water partition coefficient (Wildman–Crippen LogP) is 10.5. The van der Waals surface area contributed by atoms with Crippen molar-refractivity contribution in [3.63, 3.8) is 0 Å². The van der Waals surface area contributed by atoms with Crippen molar-refractivity contribution in [3.8, 4) is 0 Å². The Morgan fingerprint density at radius 1 is 0.831 bits per heavy atom. The van der Waals surface area contributed by atoms with Gasteiger partial charge in [0.1, 0.15) is 33.9 Å². The van der Waals surface area contributed by atoms with Gasteiger partial charge in [-0.05, 0) is 60.6 Å². The van der Waals surface area contributed by atoms with E-state index in [1.807, 2.05) is 127 Å². The number of benzene rings is 5. The third-order valence-corrected chi connectivity index (χ3v) is 15.0. The van der Waals surface area contributed by atoms with E-state index in [9.17, 15) is 19.2 Å². The Labute approximate surface area is 435 Å². The summed E-state index contributed by atoms with van der Waals surface area (Å²) in [5.74, 6) is -2.13. The van der Waals surface area contributed by atoms with Crippen molar-refractivity contribution in [1.82, 2.24) is 15.2 Å². The molecule has 2 amide bonds. The van der Waals surface area contributed by atoms with Gasteiger partial charge in [0.25, 0.3) is 11.8 Å². The molecule has 5 aromatic carbocycles. The lowest BCUT2D eigenvalue weighted by Gasteiger charge is -2.49. The van der Waals surface area contributed by atoms with Crippen molar-refractivity contribution in [2.45, 2.75) is 74.3 Å². The molecular weight excluding hydrogens is 1050 g/mol. The second-order valence-corrected chi connectivity index (χ2v) is 21.1. The number of carbonyl (C=O) groups is 4. The minimum absolute atomic E-state index is 0.123. The number of nitrogens with one attached hydrogen (secondary N) is 2. The number of allylic oxidation sites excluding steroid dienone is 2. The van der Waals surface area contributed by atoms with Crippen LogP contribution in [0.5, 0.6) is 0 Å². The molecule has 0 bridgehead atoms. The van der Waals surface area contributed by atoms with Crippen molar-refractivity contribution < 1.29 is 33.5 Å². The average Bonchev–Trinajstić information content (AvgIpc) is 3.84. The van der Waals surface area contributed by atoms with Crippen molar-refractivity contribution in [2.75, 3.05) is 15.5 Å². The largest absolute Gasteiger partial charge is 0.457 e. The van der Waals surface area contributed by atoms with Crippen LogP contribution in [0.4, 0.5) is 5.13 Å². The maximum Gasteiger partial charge on any atom is 0.356 e. The Hall–Kier alpha value is -6.56. The van der Waals surface area contributed by atoms with Crippen LogP contribution < -0.4 is 10.6 Å². The number of thioether (sulfide) groups is 1. The van der Waals surface area contributed by atoms with Crippen LogP contribution in [0.1, 0.15) is 79.6 Å². The number of aromatic nitrogens is 1. The molecule has 3 aliphatic rings. The molecular formula is C56H52IN5O7S2. The molecule has 2 aliphatic heterocycles. The molecule has 3 heterocycles. The summed E-state index contributed by atoms with van der Waals surface area (Å²) >= 11 is 4.92. The number of halogens is 1. The minimum Gasteiger partial charge on any atom is -0.457 e. The normalized spacial score (nSPS) is 17.7. The maximum absolute atomic E-state index is 14.8. The SMILES string of the molecule is CC(C)(C)OC(=O)C1(O/N=C(\C(=O)NC2C(=O)N3C(C(=O)OC(c4ccccc4)c4ccccc4)=C(C=CCI)CS[C@@H]23)c2csc(NC(c3ccccc3)(c3ccccc3)c3ccccc3)n2)CCC1. The highest BCUT2D eigenvalue weighted by molar-refractivity contribution is 14.1. The molecule has 362 valence electrons. The Kier molecular flexibility index (Phi) is 14.9. The van der Waals surface area contributed by atoms with Crippen molar-refractivity contribution in [2.24, 2.45) is 5.16 Å². The van der Waals surface area contributed by atoms with Crippen LogP contribution in [0.25, 0.3) is 0 Å². The number of fused-ring (bicyclic) bond motifs is 1. The van der Waals surface area contributed by atoms with Crippen LogP contribution in [0.3, 0.4) is 0 Å². The smallest absolute Gasteiger partial charge is 0.356 e. The number of thiazole rings is 1. The number of ether oxygens (including phenoxy) is 2. The van der Waals surface area contributed by atoms with Crippen LogP contribution in [0, 0.1) is 0 Å². The molecule has 9 rings (SSSR count). The monoisotopic (exact) mass is 1100 g/mol. The molecule has 15 heteroatoms. The number of esters is 2. The molecule has 1 unspecified atom stereocenters. The van der Waals surface area contributed by atoms with E-state index in [-0.39, 0.29) is 17.1 Å². The molecule has 1 aliphatic carbocycles. The number of hydrogen-bond acceptors (Lipinski definition) is 12. The fourth-order valence-corrected chi connectivity index (χ4v) is 11.1. The Bertz CT molecular complexity index is 2830. The highest BCUT2D eigenvalue weighted by atomic mass is 127. The van der Waals surface area contributed by atoms with E-state index < -0.39 is 58.0 Å². The first-order valence-electron chi connectivity index (χ1n) is 23.3.